The van der Waals surface area contributed by atoms with Gasteiger partial charge in [0.1, 0.15) is 12.4 Å². The number of nitrogens with one attached hydrogen (secondary N) is 1. The molecule has 2 heterocycles. The monoisotopic (exact) mass is 327 g/mol. The van der Waals surface area contributed by atoms with E-state index in [4.69, 9.17) is 0 Å². The number of rotatable bonds is 5. The van der Waals surface area contributed by atoms with Crippen molar-refractivity contribution >= 4 is 11.7 Å². The molecule has 0 saturated carbocycles. The first-order valence-electron chi connectivity index (χ1n) is 7.59. The van der Waals surface area contributed by atoms with Gasteiger partial charge in [-0.3, -0.25) is 14.2 Å². The van der Waals surface area contributed by atoms with Crippen molar-refractivity contribution in [2.45, 2.75) is 26.9 Å². The van der Waals surface area contributed by atoms with Crippen LogP contribution in [0.2, 0.25) is 0 Å². The first kappa shape index (κ1) is 15.9. The van der Waals surface area contributed by atoms with Crippen LogP contribution in [0, 0.1) is 19.7 Å². The van der Waals surface area contributed by atoms with Crippen LogP contribution in [0.15, 0.2) is 42.6 Å². The van der Waals surface area contributed by atoms with E-state index in [2.05, 4.69) is 15.5 Å². The Morgan fingerprint density at radius 1 is 1.21 bits per heavy atom. The molecule has 0 saturated heterocycles. The molecular weight excluding hydrogens is 309 g/mol. The standard InChI is InChI=1S/C17H18FN5O/c1-12-7-8-22(20-12)11-17(24)19-16-9-13(2)23(21-16)10-14-5-3-4-6-15(14)18/h3-9H,10-11H2,1-2H3,(H,19,21,24). The van der Waals surface area contributed by atoms with Crippen LogP contribution >= 0.6 is 0 Å². The van der Waals surface area contributed by atoms with Gasteiger partial charge in [-0.1, -0.05) is 18.2 Å². The number of hydrogen-bond acceptors (Lipinski definition) is 3. The Labute approximate surface area is 138 Å². The Bertz CT molecular complexity index is 868. The summed E-state index contributed by atoms with van der Waals surface area (Å²) in [6.07, 6.45) is 1.75. The lowest BCUT2D eigenvalue weighted by Crippen LogP contribution is -2.19. The summed E-state index contributed by atoms with van der Waals surface area (Å²) in [5.41, 5.74) is 2.24. The lowest BCUT2D eigenvalue weighted by atomic mass is 10.2. The number of hydrogen-bond donors (Lipinski definition) is 1. The predicted octanol–water partition coefficient (Wildman–Crippen LogP) is 2.52. The van der Waals surface area contributed by atoms with E-state index in [1.165, 1.54) is 6.07 Å². The average Bonchev–Trinajstić information content (AvgIpc) is 3.07. The average molecular weight is 327 g/mol. The van der Waals surface area contributed by atoms with E-state index in [0.29, 0.717) is 17.9 Å². The molecule has 0 radical (unpaired) electrons. The van der Waals surface area contributed by atoms with Crippen molar-refractivity contribution in [1.29, 1.82) is 0 Å². The fraction of sp³-hybridized carbons (Fsp3) is 0.235. The Morgan fingerprint density at radius 2 is 2.00 bits per heavy atom. The summed E-state index contributed by atoms with van der Waals surface area (Å²) in [4.78, 5) is 12.0. The molecule has 24 heavy (non-hydrogen) atoms. The maximum Gasteiger partial charge on any atom is 0.247 e. The van der Waals surface area contributed by atoms with E-state index in [1.807, 2.05) is 19.9 Å². The number of amides is 1. The van der Waals surface area contributed by atoms with Crippen LogP contribution in [-0.4, -0.2) is 25.5 Å². The number of carbonyl (C=O) groups excluding carboxylic acids is 1. The molecule has 7 heteroatoms. The summed E-state index contributed by atoms with van der Waals surface area (Å²) < 4.78 is 17.0. The Hall–Kier alpha value is -2.96. The molecule has 3 rings (SSSR count). The van der Waals surface area contributed by atoms with Gasteiger partial charge in [0.2, 0.25) is 5.91 Å². The van der Waals surface area contributed by atoms with Crippen molar-refractivity contribution in [2.24, 2.45) is 0 Å². The molecule has 2 aromatic heterocycles. The van der Waals surface area contributed by atoms with E-state index < -0.39 is 0 Å². The summed E-state index contributed by atoms with van der Waals surface area (Å²) in [7, 11) is 0. The second-order valence-electron chi connectivity index (χ2n) is 5.62. The zero-order chi connectivity index (χ0) is 17.1. The summed E-state index contributed by atoms with van der Waals surface area (Å²) in [6, 6.07) is 10.2. The van der Waals surface area contributed by atoms with Gasteiger partial charge >= 0.3 is 0 Å². The predicted molar refractivity (Wildman–Crippen MR) is 88.1 cm³/mol. The smallest absolute Gasteiger partial charge is 0.247 e. The summed E-state index contributed by atoms with van der Waals surface area (Å²) in [5, 5.41) is 11.2. The molecule has 0 aliphatic heterocycles. The van der Waals surface area contributed by atoms with Gasteiger partial charge in [-0.15, -0.1) is 0 Å². The minimum atomic E-state index is -0.271. The summed E-state index contributed by atoms with van der Waals surface area (Å²) >= 11 is 0. The van der Waals surface area contributed by atoms with Crippen LogP contribution in [0.3, 0.4) is 0 Å². The van der Waals surface area contributed by atoms with E-state index >= 15 is 0 Å². The molecule has 124 valence electrons. The van der Waals surface area contributed by atoms with Crippen LogP contribution in [0.5, 0.6) is 0 Å². The van der Waals surface area contributed by atoms with Crippen molar-refractivity contribution in [1.82, 2.24) is 19.6 Å². The van der Waals surface area contributed by atoms with Crippen LogP contribution in [0.4, 0.5) is 10.2 Å². The molecule has 0 atom stereocenters. The number of aryl methyl sites for hydroxylation is 2. The van der Waals surface area contributed by atoms with Crippen molar-refractivity contribution in [3.63, 3.8) is 0 Å². The largest absolute Gasteiger partial charge is 0.308 e. The lowest BCUT2D eigenvalue weighted by Gasteiger charge is -2.05. The second-order valence-corrected chi connectivity index (χ2v) is 5.62. The Kier molecular flexibility index (Phi) is 4.41. The number of aromatic nitrogens is 4. The Morgan fingerprint density at radius 3 is 2.71 bits per heavy atom. The first-order chi connectivity index (χ1) is 11.5. The zero-order valence-corrected chi connectivity index (χ0v) is 13.5. The third-order valence-electron chi connectivity index (χ3n) is 3.61. The van der Waals surface area contributed by atoms with E-state index in [-0.39, 0.29) is 18.3 Å². The molecule has 3 aromatic rings. The molecule has 1 N–H and O–H groups in total. The van der Waals surface area contributed by atoms with Gasteiger partial charge in [-0.2, -0.15) is 10.2 Å². The quantitative estimate of drug-likeness (QED) is 0.783. The highest BCUT2D eigenvalue weighted by atomic mass is 19.1. The number of anilines is 1. The van der Waals surface area contributed by atoms with Crippen molar-refractivity contribution in [3.05, 3.63) is 65.4 Å². The topological polar surface area (TPSA) is 64.7 Å². The molecule has 0 unspecified atom stereocenters. The van der Waals surface area contributed by atoms with Gasteiger partial charge in [0.15, 0.2) is 5.82 Å². The molecule has 1 amide bonds. The highest BCUT2D eigenvalue weighted by Gasteiger charge is 2.10. The van der Waals surface area contributed by atoms with E-state index in [1.54, 1.807) is 39.8 Å². The summed E-state index contributed by atoms with van der Waals surface area (Å²) in [6.45, 7) is 4.16. The van der Waals surface area contributed by atoms with Gasteiger partial charge in [-0.25, -0.2) is 4.39 Å². The molecule has 0 aliphatic carbocycles. The minimum Gasteiger partial charge on any atom is -0.308 e. The number of carbonyl (C=O) groups is 1. The van der Waals surface area contributed by atoms with Crippen molar-refractivity contribution in [3.8, 4) is 0 Å². The highest BCUT2D eigenvalue weighted by molar-refractivity contribution is 5.89. The van der Waals surface area contributed by atoms with E-state index in [0.717, 1.165) is 11.4 Å². The van der Waals surface area contributed by atoms with Gasteiger partial charge in [0.25, 0.3) is 0 Å². The van der Waals surface area contributed by atoms with Crippen molar-refractivity contribution in [2.75, 3.05) is 5.32 Å². The van der Waals surface area contributed by atoms with Crippen molar-refractivity contribution < 1.29 is 9.18 Å². The maximum atomic E-state index is 13.7. The SMILES string of the molecule is Cc1ccn(CC(=O)Nc2cc(C)n(Cc3ccccc3F)n2)n1. The molecule has 1 aromatic carbocycles. The molecule has 0 spiro atoms. The van der Waals surface area contributed by atoms with E-state index in [9.17, 15) is 9.18 Å². The third kappa shape index (κ3) is 3.68. The normalized spacial score (nSPS) is 10.8. The Balaban J connectivity index is 1.67. The van der Waals surface area contributed by atoms with Gasteiger partial charge < -0.3 is 5.32 Å². The maximum absolute atomic E-state index is 13.7. The fourth-order valence-corrected chi connectivity index (χ4v) is 2.40. The first-order valence-corrected chi connectivity index (χ1v) is 7.59. The molecule has 0 aliphatic rings. The van der Waals surface area contributed by atoms with Crippen LogP contribution in [0.25, 0.3) is 0 Å². The number of halogens is 1. The summed E-state index contributed by atoms with van der Waals surface area (Å²) in [5.74, 6) is -0.0432. The van der Waals surface area contributed by atoms with Gasteiger partial charge in [0, 0.05) is 23.5 Å². The second kappa shape index (κ2) is 6.66. The molecule has 0 bridgehead atoms. The molecular formula is C17H18FN5O. The molecule has 0 fully saturated rings. The minimum absolute atomic E-state index is 0.118. The van der Waals surface area contributed by atoms with Crippen LogP contribution in [0.1, 0.15) is 17.0 Å². The lowest BCUT2D eigenvalue weighted by molar-refractivity contribution is -0.116. The highest BCUT2D eigenvalue weighted by Crippen LogP contribution is 2.13. The molecule has 6 nitrogen and oxygen atoms in total. The zero-order valence-electron chi connectivity index (χ0n) is 13.5. The van der Waals surface area contributed by atoms with Crippen LogP contribution in [-0.2, 0) is 17.9 Å². The van der Waals surface area contributed by atoms with Gasteiger partial charge in [0.05, 0.1) is 12.2 Å². The van der Waals surface area contributed by atoms with Gasteiger partial charge in [-0.05, 0) is 26.0 Å². The number of benzene rings is 1. The fourth-order valence-electron chi connectivity index (χ4n) is 2.40. The third-order valence-corrected chi connectivity index (χ3v) is 3.61. The van der Waals surface area contributed by atoms with Crippen LogP contribution < -0.4 is 5.32 Å². The number of nitrogens with zero attached hydrogens (tertiary/aromatic N) is 4.